The topological polar surface area (TPSA) is 40.5 Å². The van der Waals surface area contributed by atoms with Crippen molar-refractivity contribution in [1.82, 2.24) is 0 Å². The molecule has 0 saturated heterocycles. The Hall–Kier alpha value is -0.870. The van der Waals surface area contributed by atoms with Crippen molar-refractivity contribution in [3.63, 3.8) is 0 Å². The summed E-state index contributed by atoms with van der Waals surface area (Å²) in [5, 5.41) is 9.09. The van der Waals surface area contributed by atoms with E-state index in [1.165, 1.54) is 0 Å². The van der Waals surface area contributed by atoms with Gasteiger partial charge in [0.25, 0.3) is 0 Å². The zero-order valence-corrected chi connectivity index (χ0v) is 11.6. The lowest BCUT2D eigenvalue weighted by molar-refractivity contribution is 0.112. The number of carbonyl (C=O) groups is 1. The first kappa shape index (κ1) is 14.2. The highest BCUT2D eigenvalue weighted by atomic mass is 79.9. The first-order valence-corrected chi connectivity index (χ1v) is 6.62. The third-order valence-corrected chi connectivity index (χ3v) is 3.10. The van der Waals surface area contributed by atoms with Crippen LogP contribution in [0.5, 0.6) is 0 Å². The van der Waals surface area contributed by atoms with Gasteiger partial charge < -0.3 is 10.0 Å². The molecule has 1 aromatic carbocycles. The van der Waals surface area contributed by atoms with Crippen LogP contribution in [0.15, 0.2) is 22.7 Å². The van der Waals surface area contributed by atoms with Crippen LogP contribution in [0.25, 0.3) is 0 Å². The Labute approximate surface area is 111 Å². The molecular weight excluding hydrogens is 282 g/mol. The summed E-state index contributed by atoms with van der Waals surface area (Å²) in [5.74, 6) is 0. The van der Waals surface area contributed by atoms with E-state index in [1.54, 1.807) is 6.07 Å². The molecule has 0 fully saturated rings. The number of benzene rings is 1. The van der Waals surface area contributed by atoms with Gasteiger partial charge in [-0.15, -0.1) is 0 Å². The molecule has 0 atom stereocenters. The van der Waals surface area contributed by atoms with Gasteiger partial charge in [0.05, 0.1) is 6.61 Å². The average Bonchev–Trinajstić information content (AvgIpc) is 2.34. The van der Waals surface area contributed by atoms with E-state index in [-0.39, 0.29) is 6.61 Å². The second-order valence-electron chi connectivity index (χ2n) is 3.89. The molecule has 4 heteroatoms. The zero-order valence-electron chi connectivity index (χ0n) is 10.0. The Bertz CT molecular complexity index is 368. The molecule has 0 aliphatic carbocycles. The number of halogens is 1. The predicted molar refractivity (Wildman–Crippen MR) is 73.7 cm³/mol. The van der Waals surface area contributed by atoms with E-state index >= 15 is 0 Å². The van der Waals surface area contributed by atoms with Gasteiger partial charge in [-0.1, -0.05) is 29.3 Å². The van der Waals surface area contributed by atoms with Crippen LogP contribution in [0.1, 0.15) is 30.1 Å². The minimum atomic E-state index is 0.0918. The predicted octanol–water partition coefficient (Wildman–Crippen LogP) is 2.86. The second-order valence-corrected chi connectivity index (χ2v) is 4.80. The van der Waals surface area contributed by atoms with Crippen molar-refractivity contribution in [3.05, 3.63) is 28.2 Å². The highest BCUT2D eigenvalue weighted by Crippen LogP contribution is 2.24. The van der Waals surface area contributed by atoms with Crippen molar-refractivity contribution in [2.75, 3.05) is 24.6 Å². The van der Waals surface area contributed by atoms with E-state index in [1.807, 2.05) is 12.1 Å². The van der Waals surface area contributed by atoms with Gasteiger partial charge in [0.15, 0.2) is 6.29 Å². The smallest absolute Gasteiger partial charge is 0.152 e. The lowest BCUT2D eigenvalue weighted by Gasteiger charge is -2.25. The van der Waals surface area contributed by atoms with Crippen molar-refractivity contribution in [2.45, 2.75) is 19.8 Å². The van der Waals surface area contributed by atoms with Crippen LogP contribution in [0.4, 0.5) is 5.69 Å². The van der Waals surface area contributed by atoms with Gasteiger partial charge in [0.2, 0.25) is 0 Å². The van der Waals surface area contributed by atoms with Crippen LogP contribution < -0.4 is 4.90 Å². The maximum absolute atomic E-state index is 11.0. The van der Waals surface area contributed by atoms with E-state index < -0.39 is 0 Å². The Balaban J connectivity index is 2.97. The highest BCUT2D eigenvalue weighted by Gasteiger charge is 2.10. The van der Waals surface area contributed by atoms with Crippen LogP contribution in [0.2, 0.25) is 0 Å². The molecule has 0 unspecified atom stereocenters. The van der Waals surface area contributed by atoms with Crippen LogP contribution in [0, 0.1) is 0 Å². The monoisotopic (exact) mass is 299 g/mol. The number of aldehydes is 1. The SMILES string of the molecule is CCCCN(CCO)c1cc(Br)ccc1C=O. The molecule has 1 N–H and O–H groups in total. The molecular formula is C13H18BrNO2. The van der Waals surface area contributed by atoms with Gasteiger partial charge in [-0.05, 0) is 24.6 Å². The first-order valence-electron chi connectivity index (χ1n) is 5.83. The van der Waals surface area contributed by atoms with Gasteiger partial charge in [-0.3, -0.25) is 4.79 Å². The number of nitrogens with zero attached hydrogens (tertiary/aromatic N) is 1. The minimum absolute atomic E-state index is 0.0918. The van der Waals surface area contributed by atoms with Gasteiger partial charge in [-0.25, -0.2) is 0 Å². The van der Waals surface area contributed by atoms with Gasteiger partial charge >= 0.3 is 0 Å². The average molecular weight is 300 g/mol. The number of hydrogen-bond donors (Lipinski definition) is 1. The third-order valence-electron chi connectivity index (χ3n) is 2.61. The number of rotatable bonds is 7. The molecule has 94 valence electrons. The third kappa shape index (κ3) is 4.13. The fourth-order valence-corrected chi connectivity index (χ4v) is 2.06. The largest absolute Gasteiger partial charge is 0.395 e. The summed E-state index contributed by atoms with van der Waals surface area (Å²) in [7, 11) is 0. The Morgan fingerprint density at radius 1 is 1.41 bits per heavy atom. The molecule has 0 aliphatic rings. The molecule has 0 aromatic heterocycles. The molecule has 1 aromatic rings. The van der Waals surface area contributed by atoms with Gasteiger partial charge in [-0.2, -0.15) is 0 Å². The Morgan fingerprint density at radius 2 is 2.18 bits per heavy atom. The first-order chi connectivity index (χ1) is 8.22. The standard InChI is InChI=1S/C13H18BrNO2/c1-2-3-6-15(7-8-16)13-9-12(14)5-4-11(13)10-17/h4-5,9-10,16H,2-3,6-8H2,1H3. The summed E-state index contributed by atoms with van der Waals surface area (Å²) >= 11 is 3.41. The normalized spacial score (nSPS) is 10.3. The fraction of sp³-hybridized carbons (Fsp3) is 0.462. The maximum Gasteiger partial charge on any atom is 0.152 e. The molecule has 0 aliphatic heterocycles. The molecule has 0 saturated carbocycles. The van der Waals surface area contributed by atoms with Crippen molar-refractivity contribution < 1.29 is 9.90 Å². The van der Waals surface area contributed by atoms with E-state index in [9.17, 15) is 4.79 Å². The lowest BCUT2D eigenvalue weighted by Crippen LogP contribution is -2.28. The fourth-order valence-electron chi connectivity index (χ4n) is 1.71. The van der Waals surface area contributed by atoms with E-state index in [2.05, 4.69) is 27.8 Å². The summed E-state index contributed by atoms with van der Waals surface area (Å²) in [4.78, 5) is 13.1. The maximum atomic E-state index is 11.0. The van der Waals surface area contributed by atoms with Crippen molar-refractivity contribution in [1.29, 1.82) is 0 Å². The van der Waals surface area contributed by atoms with Gasteiger partial charge in [0, 0.05) is 28.8 Å². The Morgan fingerprint density at radius 3 is 2.76 bits per heavy atom. The molecule has 0 radical (unpaired) electrons. The highest BCUT2D eigenvalue weighted by molar-refractivity contribution is 9.10. The molecule has 0 amide bonds. The van der Waals surface area contributed by atoms with Crippen molar-refractivity contribution in [2.24, 2.45) is 0 Å². The summed E-state index contributed by atoms with van der Waals surface area (Å²) in [6, 6.07) is 5.57. The van der Waals surface area contributed by atoms with Crippen LogP contribution in [0.3, 0.4) is 0 Å². The quantitative estimate of drug-likeness (QED) is 0.787. The van der Waals surface area contributed by atoms with Crippen LogP contribution in [-0.4, -0.2) is 31.1 Å². The molecule has 3 nitrogen and oxygen atoms in total. The molecule has 0 bridgehead atoms. The van der Waals surface area contributed by atoms with Gasteiger partial charge in [0.1, 0.15) is 0 Å². The number of aliphatic hydroxyl groups is 1. The number of hydrogen-bond acceptors (Lipinski definition) is 3. The van der Waals surface area contributed by atoms with Crippen molar-refractivity contribution in [3.8, 4) is 0 Å². The van der Waals surface area contributed by atoms with Crippen molar-refractivity contribution >= 4 is 27.9 Å². The summed E-state index contributed by atoms with van der Waals surface area (Å²) in [5.41, 5.74) is 1.55. The van der Waals surface area contributed by atoms with Crippen LogP contribution >= 0.6 is 15.9 Å². The van der Waals surface area contributed by atoms with E-state index in [0.717, 1.165) is 35.8 Å². The number of carbonyl (C=O) groups excluding carboxylic acids is 1. The number of anilines is 1. The summed E-state index contributed by atoms with van der Waals surface area (Å²) in [6.07, 6.45) is 3.00. The summed E-state index contributed by atoms with van der Waals surface area (Å²) in [6.45, 7) is 3.62. The molecule has 1 rings (SSSR count). The van der Waals surface area contributed by atoms with Crippen LogP contribution in [-0.2, 0) is 0 Å². The Kier molecular flexibility index (Phi) is 6.22. The lowest BCUT2D eigenvalue weighted by atomic mass is 10.1. The number of aliphatic hydroxyl groups excluding tert-OH is 1. The van der Waals surface area contributed by atoms with E-state index in [0.29, 0.717) is 12.1 Å². The molecule has 0 heterocycles. The zero-order chi connectivity index (χ0) is 12.7. The summed E-state index contributed by atoms with van der Waals surface area (Å²) < 4.78 is 0.942. The second kappa shape index (κ2) is 7.45. The van der Waals surface area contributed by atoms with E-state index in [4.69, 9.17) is 5.11 Å². The molecule has 17 heavy (non-hydrogen) atoms. The molecule has 0 spiro atoms. The minimum Gasteiger partial charge on any atom is -0.395 e. The number of unbranched alkanes of at least 4 members (excludes halogenated alkanes) is 1.